The molecule has 0 nitrogen and oxygen atoms in total. The fourth-order valence-electron chi connectivity index (χ4n) is 0. The van der Waals surface area contributed by atoms with Gasteiger partial charge in [-0.05, 0) is 0 Å². The Hall–Kier alpha value is 5.26. The molecule has 0 bridgehead atoms. The van der Waals surface area contributed by atoms with E-state index in [9.17, 15) is 0 Å². The van der Waals surface area contributed by atoms with Gasteiger partial charge in [0.2, 0.25) is 0 Å². The van der Waals surface area contributed by atoms with Crippen molar-refractivity contribution < 1.29 is 0 Å². The Kier molecular flexibility index (Phi) is 145. The van der Waals surface area contributed by atoms with Crippen LogP contribution in [-0.2, 0) is 0 Å². The molecule has 0 spiro atoms. The third kappa shape index (κ3) is 17.6. The zero-order valence-electron chi connectivity index (χ0n) is 0. The fraction of sp³-hybridized carbons (Fsp3) is 0. The van der Waals surface area contributed by atoms with Crippen LogP contribution in [0, 0.1) is 0 Å². The van der Waals surface area contributed by atoms with Crippen LogP contribution >= 0.6 is 0 Å². The summed E-state index contributed by atoms with van der Waals surface area (Å²) in [5.41, 5.74) is 0. The summed E-state index contributed by atoms with van der Waals surface area (Å²) in [5.74, 6) is 0. The number of hydrogen-bond acceptors (Lipinski definition) is 0. The van der Waals surface area contributed by atoms with Gasteiger partial charge in [-0.1, -0.05) is 0 Å². The molecule has 0 amide bonds. The molecule has 0 fully saturated rings. The van der Waals surface area contributed by atoms with Gasteiger partial charge in [-0.15, -0.1) is 0 Å². The van der Waals surface area contributed by atoms with Crippen molar-refractivity contribution in [2.45, 2.75) is 0 Å². The molecule has 14 valence electrons. The van der Waals surface area contributed by atoms with Gasteiger partial charge in [0.25, 0.3) is 0 Å². The summed E-state index contributed by atoms with van der Waals surface area (Å²) < 4.78 is 0. The van der Waals surface area contributed by atoms with Crippen LogP contribution in [0.25, 0.3) is 0 Å². The van der Waals surface area contributed by atoms with Gasteiger partial charge in [0.1, 0.15) is 0 Å². The molecule has 0 aliphatic rings. The second-order valence-electron chi connectivity index (χ2n) is 0. The third-order valence-corrected chi connectivity index (χ3v) is 0. The van der Waals surface area contributed by atoms with Crippen LogP contribution in [0.15, 0.2) is 0 Å². The van der Waals surface area contributed by atoms with E-state index in [1.54, 1.807) is 0 Å². The van der Waals surface area contributed by atoms with Gasteiger partial charge >= 0.3 is 161 Å². The van der Waals surface area contributed by atoms with Crippen molar-refractivity contribution in [3.63, 3.8) is 0 Å². The minimum atomic E-state index is 0. The molecule has 0 aromatic heterocycles. The molecule has 0 aliphatic carbocycles. The average molecular weight is 140 g/mol. The zero-order chi connectivity index (χ0) is 0. The van der Waals surface area contributed by atoms with E-state index < -0.39 is 0 Å². The molecule has 0 rings (SSSR count). The van der Waals surface area contributed by atoms with Gasteiger partial charge in [0, 0.05) is 0 Å². The number of rotatable bonds is 0. The van der Waals surface area contributed by atoms with E-state index in [-0.39, 0.29) is 161 Å². The first kappa shape index (κ1) is 31.8. The van der Waals surface area contributed by atoms with Crippen LogP contribution in [0.4, 0.5) is 0 Å². The molecule has 0 aliphatic heterocycles. The second kappa shape index (κ2) is 22.8. The molecular weight excluding hydrogens is 133 g/mol. The molecule has 0 saturated carbocycles. The van der Waals surface area contributed by atoms with Crippen LogP contribution in [-0.4, -0.2) is 161 Å². The predicted octanol–water partition coefficient (Wildman–Crippen LogP) is -3.78. The van der Waals surface area contributed by atoms with E-state index in [0.717, 1.165) is 0 Å². The van der Waals surface area contributed by atoms with Crippen LogP contribution in [0.5, 0.6) is 0 Å². The Morgan fingerprint density at radius 2 is 1.00 bits per heavy atom. The summed E-state index contributed by atoms with van der Waals surface area (Å²) in [6.45, 7) is 0. The molecule has 0 saturated heterocycles. The minimum absolute atomic E-state index is 0. The Labute approximate surface area is 155 Å². The Morgan fingerprint density at radius 3 is 1.00 bits per heavy atom. The van der Waals surface area contributed by atoms with Crippen LogP contribution < -0.4 is 0 Å². The van der Waals surface area contributed by atoms with E-state index in [4.69, 9.17) is 0 Å². The molecule has 5 heavy (non-hydrogen) atoms. The Bertz CT molecular complexity index is 11.6. The molecule has 5 heteroatoms. The quantitative estimate of drug-likeness (QED) is 0.303. The van der Waals surface area contributed by atoms with Gasteiger partial charge in [0.15, 0.2) is 0 Å². The van der Waals surface area contributed by atoms with Crippen molar-refractivity contribution in [1.29, 1.82) is 0 Å². The van der Waals surface area contributed by atoms with Crippen LogP contribution in [0.1, 0.15) is 0 Å². The summed E-state index contributed by atoms with van der Waals surface area (Å²) in [4.78, 5) is 0. The van der Waals surface area contributed by atoms with Crippen molar-refractivity contribution >= 4 is 161 Å². The van der Waals surface area contributed by atoms with Crippen LogP contribution in [0.2, 0.25) is 0 Å². The van der Waals surface area contributed by atoms with Crippen molar-refractivity contribution in [3.8, 4) is 0 Å². The topological polar surface area (TPSA) is 0 Å². The van der Waals surface area contributed by atoms with Crippen LogP contribution in [0.3, 0.4) is 0 Å². The van der Waals surface area contributed by atoms with Crippen molar-refractivity contribution in [3.05, 3.63) is 0 Å². The van der Waals surface area contributed by atoms with E-state index in [0.29, 0.717) is 0 Å². The van der Waals surface area contributed by atoms with Gasteiger partial charge in [0.05, 0.1) is 0 Å². The SMILES string of the molecule is [CaH2].[KH].[LiH].[MgH2].[NaH]. The van der Waals surface area contributed by atoms with Crippen molar-refractivity contribution in [1.82, 2.24) is 0 Å². The van der Waals surface area contributed by atoms with E-state index in [1.165, 1.54) is 0 Å². The molecule has 0 heterocycles. The number of hydrogen-bond donors (Lipinski definition) is 0. The molecule has 0 radical (unpaired) electrons. The summed E-state index contributed by atoms with van der Waals surface area (Å²) in [5, 5.41) is 0. The predicted molar refractivity (Wildman–Crippen MR) is 38.5 cm³/mol. The maximum atomic E-state index is 0. The second-order valence-corrected chi connectivity index (χ2v) is 0. The summed E-state index contributed by atoms with van der Waals surface area (Å²) >= 11 is 0. The summed E-state index contributed by atoms with van der Waals surface area (Å²) in [6.07, 6.45) is 0. The Balaban J connectivity index is 0. The van der Waals surface area contributed by atoms with Gasteiger partial charge in [-0.2, -0.15) is 0 Å². The standard InChI is InChI=1S/Ca.K.Li.Mg.Na.7H. The first-order valence-corrected chi connectivity index (χ1v) is 0. The van der Waals surface area contributed by atoms with E-state index in [2.05, 4.69) is 0 Å². The molecule has 0 N–H and O–H groups in total. The molecule has 0 unspecified atom stereocenters. The Morgan fingerprint density at radius 1 is 1.00 bits per heavy atom. The normalized spacial score (nSPS) is 0. The maximum absolute atomic E-state index is 0. The first-order chi connectivity index (χ1) is 0. The summed E-state index contributed by atoms with van der Waals surface area (Å²) in [7, 11) is 0. The molecule has 0 atom stereocenters. The third-order valence-electron chi connectivity index (χ3n) is 0. The monoisotopic (exact) mass is 140 g/mol. The first-order valence-electron chi connectivity index (χ1n) is 0. The zero-order valence-corrected chi connectivity index (χ0v) is 0. The fourth-order valence-corrected chi connectivity index (χ4v) is 0. The van der Waals surface area contributed by atoms with E-state index >= 15 is 0 Å². The molecule has 0 aromatic rings. The van der Waals surface area contributed by atoms with Crippen molar-refractivity contribution in [2.75, 3.05) is 0 Å². The molecule has 0 aromatic carbocycles. The molecular formula is H7CaKLiMgNa. The van der Waals surface area contributed by atoms with Gasteiger partial charge < -0.3 is 0 Å². The average Bonchev–Trinajstić information content (AvgIpc) is 0. The van der Waals surface area contributed by atoms with Crippen molar-refractivity contribution in [2.24, 2.45) is 0 Å². The van der Waals surface area contributed by atoms with Gasteiger partial charge in [-0.3, -0.25) is 0 Å². The van der Waals surface area contributed by atoms with E-state index in [1.807, 2.05) is 0 Å². The summed E-state index contributed by atoms with van der Waals surface area (Å²) in [6, 6.07) is 0. The van der Waals surface area contributed by atoms with Gasteiger partial charge in [-0.25, -0.2) is 0 Å².